The maximum Gasteiger partial charge on any atom is 0.239 e. The van der Waals surface area contributed by atoms with Crippen molar-refractivity contribution < 1.29 is 9.59 Å². The summed E-state index contributed by atoms with van der Waals surface area (Å²) in [5.41, 5.74) is 0.903. The lowest BCUT2D eigenvalue weighted by molar-refractivity contribution is -0.135. The van der Waals surface area contributed by atoms with E-state index in [9.17, 15) is 9.59 Å². The first-order valence-electron chi connectivity index (χ1n) is 7.92. The lowest BCUT2D eigenvalue weighted by Gasteiger charge is -2.27. The van der Waals surface area contributed by atoms with E-state index in [4.69, 9.17) is 23.2 Å². The SMILES string of the molecule is CCCNC(=O)CN(C)C(=O)CN(C)C(C)c1ccc(Cl)cc1Cl. The van der Waals surface area contributed by atoms with Crippen molar-refractivity contribution in [3.05, 3.63) is 33.8 Å². The molecule has 0 heterocycles. The summed E-state index contributed by atoms with van der Waals surface area (Å²) >= 11 is 12.1. The van der Waals surface area contributed by atoms with Gasteiger partial charge in [-0.3, -0.25) is 14.5 Å². The zero-order valence-corrected chi connectivity index (χ0v) is 16.1. The Bertz CT molecular complexity index is 581. The predicted octanol–water partition coefficient (Wildman–Crippen LogP) is 2.97. The Hall–Kier alpha value is -1.30. The fourth-order valence-electron chi connectivity index (χ4n) is 2.17. The van der Waals surface area contributed by atoms with Crippen LogP contribution in [0.15, 0.2) is 18.2 Å². The second-order valence-corrected chi connectivity index (χ2v) is 6.70. The number of carbonyl (C=O) groups excluding carboxylic acids is 2. The van der Waals surface area contributed by atoms with Gasteiger partial charge in [-0.1, -0.05) is 36.2 Å². The molecule has 5 nitrogen and oxygen atoms in total. The van der Waals surface area contributed by atoms with Gasteiger partial charge in [-0.05, 0) is 38.1 Å². The molecule has 0 bridgehead atoms. The Kier molecular flexibility index (Phi) is 8.53. The molecule has 1 rings (SSSR count). The lowest BCUT2D eigenvalue weighted by atomic mass is 10.1. The number of halogens is 2. The van der Waals surface area contributed by atoms with Crippen molar-refractivity contribution in [2.45, 2.75) is 26.3 Å². The number of likely N-dealkylation sites (N-methyl/N-ethyl adjacent to an activating group) is 2. The summed E-state index contributed by atoms with van der Waals surface area (Å²) in [6, 6.07) is 5.27. The highest BCUT2D eigenvalue weighted by atomic mass is 35.5. The minimum atomic E-state index is -0.149. The zero-order valence-electron chi connectivity index (χ0n) is 14.6. The Morgan fingerprint density at radius 1 is 1.21 bits per heavy atom. The minimum absolute atomic E-state index is 0.0546. The molecule has 0 aliphatic carbocycles. The smallest absolute Gasteiger partial charge is 0.239 e. The average molecular weight is 374 g/mol. The fourth-order valence-corrected chi connectivity index (χ4v) is 2.74. The van der Waals surface area contributed by atoms with E-state index in [-0.39, 0.29) is 30.9 Å². The largest absolute Gasteiger partial charge is 0.355 e. The van der Waals surface area contributed by atoms with Crippen LogP contribution in [0.3, 0.4) is 0 Å². The molecular weight excluding hydrogens is 349 g/mol. The topological polar surface area (TPSA) is 52.7 Å². The molecule has 0 radical (unpaired) electrons. The summed E-state index contributed by atoms with van der Waals surface area (Å²) in [7, 11) is 3.47. The Morgan fingerprint density at radius 3 is 2.46 bits per heavy atom. The maximum atomic E-state index is 12.3. The third-order valence-corrected chi connectivity index (χ3v) is 4.40. The van der Waals surface area contributed by atoms with Crippen LogP contribution < -0.4 is 5.32 Å². The number of benzene rings is 1. The van der Waals surface area contributed by atoms with Gasteiger partial charge in [-0.15, -0.1) is 0 Å². The molecule has 0 aliphatic heterocycles. The molecular formula is C17H25Cl2N3O2. The van der Waals surface area contributed by atoms with Gasteiger partial charge in [0.05, 0.1) is 13.1 Å². The van der Waals surface area contributed by atoms with Crippen LogP contribution in [-0.2, 0) is 9.59 Å². The van der Waals surface area contributed by atoms with Crippen molar-refractivity contribution in [3.8, 4) is 0 Å². The second-order valence-electron chi connectivity index (χ2n) is 5.86. The van der Waals surface area contributed by atoms with Gasteiger partial charge < -0.3 is 10.2 Å². The highest BCUT2D eigenvalue weighted by Crippen LogP contribution is 2.28. The monoisotopic (exact) mass is 373 g/mol. The first-order chi connectivity index (χ1) is 11.3. The van der Waals surface area contributed by atoms with Crippen LogP contribution in [0.4, 0.5) is 0 Å². The van der Waals surface area contributed by atoms with Crippen molar-refractivity contribution in [3.63, 3.8) is 0 Å². The normalized spacial score (nSPS) is 12.1. The van der Waals surface area contributed by atoms with E-state index in [0.717, 1.165) is 12.0 Å². The van der Waals surface area contributed by atoms with Gasteiger partial charge in [0.2, 0.25) is 11.8 Å². The number of rotatable bonds is 8. The summed E-state index contributed by atoms with van der Waals surface area (Å²) in [5.74, 6) is -0.273. The molecule has 1 aromatic rings. The number of amides is 2. The number of hydrogen-bond donors (Lipinski definition) is 1. The summed E-state index contributed by atoms with van der Waals surface area (Å²) < 4.78 is 0. The van der Waals surface area contributed by atoms with Crippen LogP contribution in [-0.4, -0.2) is 55.3 Å². The van der Waals surface area contributed by atoms with E-state index >= 15 is 0 Å². The summed E-state index contributed by atoms with van der Waals surface area (Å²) in [5, 5.41) is 3.90. The van der Waals surface area contributed by atoms with Crippen molar-refractivity contribution in [1.29, 1.82) is 0 Å². The number of hydrogen-bond acceptors (Lipinski definition) is 3. The molecule has 134 valence electrons. The van der Waals surface area contributed by atoms with Crippen molar-refractivity contribution in [2.24, 2.45) is 0 Å². The van der Waals surface area contributed by atoms with Crippen LogP contribution >= 0.6 is 23.2 Å². The van der Waals surface area contributed by atoms with Gasteiger partial charge in [0.25, 0.3) is 0 Å². The molecule has 1 aromatic carbocycles. The minimum Gasteiger partial charge on any atom is -0.355 e. The summed E-state index contributed by atoms with van der Waals surface area (Å²) in [6.07, 6.45) is 0.867. The predicted molar refractivity (Wildman–Crippen MR) is 98.4 cm³/mol. The Labute approximate surface area is 153 Å². The highest BCUT2D eigenvalue weighted by molar-refractivity contribution is 6.35. The molecule has 0 saturated carbocycles. The fraction of sp³-hybridized carbons (Fsp3) is 0.529. The summed E-state index contributed by atoms with van der Waals surface area (Å²) in [6.45, 7) is 4.82. The Morgan fingerprint density at radius 2 is 1.88 bits per heavy atom. The first kappa shape index (κ1) is 20.7. The van der Waals surface area contributed by atoms with E-state index in [0.29, 0.717) is 16.6 Å². The summed E-state index contributed by atoms with van der Waals surface area (Å²) in [4.78, 5) is 27.3. The van der Waals surface area contributed by atoms with Crippen LogP contribution in [0.25, 0.3) is 0 Å². The molecule has 0 aromatic heterocycles. The van der Waals surface area contributed by atoms with E-state index in [1.807, 2.05) is 31.9 Å². The molecule has 0 aliphatic rings. The molecule has 7 heteroatoms. The average Bonchev–Trinajstić information content (AvgIpc) is 2.52. The Balaban J connectivity index is 2.60. The third kappa shape index (κ3) is 6.30. The van der Waals surface area contributed by atoms with Crippen molar-refractivity contribution >= 4 is 35.0 Å². The lowest BCUT2D eigenvalue weighted by Crippen LogP contribution is -2.43. The molecule has 0 fully saturated rings. The second kappa shape index (κ2) is 9.87. The van der Waals surface area contributed by atoms with Crippen molar-refractivity contribution in [2.75, 3.05) is 33.7 Å². The van der Waals surface area contributed by atoms with Gasteiger partial charge in [0.1, 0.15) is 0 Å². The number of nitrogens with zero attached hydrogens (tertiary/aromatic N) is 2. The van der Waals surface area contributed by atoms with Gasteiger partial charge >= 0.3 is 0 Å². The van der Waals surface area contributed by atoms with Gasteiger partial charge in [0, 0.05) is 29.7 Å². The molecule has 0 spiro atoms. The first-order valence-corrected chi connectivity index (χ1v) is 8.67. The molecule has 1 N–H and O–H groups in total. The molecule has 1 unspecified atom stereocenters. The van der Waals surface area contributed by atoms with Crippen LogP contribution in [0.5, 0.6) is 0 Å². The van der Waals surface area contributed by atoms with Crippen molar-refractivity contribution in [1.82, 2.24) is 15.1 Å². The highest BCUT2D eigenvalue weighted by Gasteiger charge is 2.20. The number of nitrogens with one attached hydrogen (secondary N) is 1. The standard InChI is InChI=1S/C17H25Cl2N3O2/c1-5-8-20-16(23)10-22(4)17(24)11-21(3)12(2)14-7-6-13(18)9-15(14)19/h6-7,9,12H,5,8,10-11H2,1-4H3,(H,20,23). The number of carbonyl (C=O) groups is 2. The van der Waals surface area contributed by atoms with Crippen LogP contribution in [0.2, 0.25) is 10.0 Å². The van der Waals surface area contributed by atoms with E-state index in [1.165, 1.54) is 4.90 Å². The van der Waals surface area contributed by atoms with E-state index < -0.39 is 0 Å². The quantitative estimate of drug-likeness (QED) is 0.761. The maximum absolute atomic E-state index is 12.3. The molecule has 2 amide bonds. The zero-order chi connectivity index (χ0) is 18.3. The van der Waals surface area contributed by atoms with E-state index in [1.54, 1.807) is 19.2 Å². The van der Waals surface area contributed by atoms with Gasteiger partial charge in [-0.2, -0.15) is 0 Å². The third-order valence-electron chi connectivity index (χ3n) is 3.84. The van der Waals surface area contributed by atoms with Crippen LogP contribution in [0, 0.1) is 0 Å². The van der Waals surface area contributed by atoms with E-state index in [2.05, 4.69) is 5.32 Å². The van der Waals surface area contributed by atoms with Gasteiger partial charge in [-0.25, -0.2) is 0 Å². The molecule has 1 atom stereocenters. The van der Waals surface area contributed by atoms with Gasteiger partial charge in [0.15, 0.2) is 0 Å². The van der Waals surface area contributed by atoms with Crippen LogP contribution in [0.1, 0.15) is 31.9 Å². The molecule has 0 saturated heterocycles. The molecule has 24 heavy (non-hydrogen) atoms.